The Hall–Kier alpha value is -3.61. The Morgan fingerprint density at radius 1 is 1.32 bits per heavy atom. The number of anilines is 1. The second-order valence-corrected chi connectivity index (χ2v) is 6.55. The molecule has 28 heavy (non-hydrogen) atoms. The summed E-state index contributed by atoms with van der Waals surface area (Å²) >= 11 is 0. The molecular formula is C21H21N7. The Morgan fingerprint density at radius 2 is 2.21 bits per heavy atom. The predicted octanol–water partition coefficient (Wildman–Crippen LogP) is 3.41. The number of hydrogen-bond donors (Lipinski definition) is 1. The molecule has 140 valence electrons. The molecule has 7 heteroatoms. The van der Waals surface area contributed by atoms with Crippen LogP contribution in [0.4, 0.5) is 5.82 Å². The van der Waals surface area contributed by atoms with E-state index < -0.39 is 0 Å². The summed E-state index contributed by atoms with van der Waals surface area (Å²) < 4.78 is 1.94. The number of nitrogen functional groups attached to an aromatic ring is 1. The smallest absolute Gasteiger partial charge is 0.190 e. The van der Waals surface area contributed by atoms with Crippen LogP contribution < -0.4 is 5.73 Å². The van der Waals surface area contributed by atoms with Crippen molar-refractivity contribution in [1.29, 1.82) is 0 Å². The molecule has 0 aliphatic heterocycles. The Bertz CT molecular complexity index is 1090. The van der Waals surface area contributed by atoms with Crippen molar-refractivity contribution in [3.63, 3.8) is 0 Å². The van der Waals surface area contributed by atoms with Crippen molar-refractivity contribution >= 4 is 18.1 Å². The van der Waals surface area contributed by atoms with Crippen LogP contribution in [0.25, 0.3) is 22.8 Å². The zero-order valence-electron chi connectivity index (χ0n) is 15.7. The van der Waals surface area contributed by atoms with Crippen molar-refractivity contribution in [2.75, 3.05) is 5.73 Å². The average molecular weight is 371 g/mol. The Balaban J connectivity index is 1.85. The van der Waals surface area contributed by atoms with Gasteiger partial charge in [-0.1, -0.05) is 24.3 Å². The topological polar surface area (TPSA) is 94.9 Å². The van der Waals surface area contributed by atoms with E-state index in [4.69, 9.17) is 10.7 Å². The number of aliphatic imine (C=N–C) groups is 1. The second kappa shape index (κ2) is 7.56. The standard InChI is InChI=1S/C21H21N7/c1-3-6-15(11-23-2)17-12-24-20(22)19(26-17)21-27-25-13-28(21)18-10-5-8-14-7-4-9-16(14)18/h3,5-6,8,10-13H,2,4,7,9H2,1H3,(H2,22,24)/b6-3-,15-11+. The lowest BCUT2D eigenvalue weighted by atomic mass is 10.1. The van der Waals surface area contributed by atoms with Gasteiger partial charge in [0.25, 0.3) is 0 Å². The molecule has 4 rings (SSSR count). The maximum absolute atomic E-state index is 6.16. The van der Waals surface area contributed by atoms with Gasteiger partial charge in [-0.25, -0.2) is 9.97 Å². The van der Waals surface area contributed by atoms with Gasteiger partial charge in [0.05, 0.1) is 17.6 Å². The fourth-order valence-corrected chi connectivity index (χ4v) is 3.57. The number of allylic oxidation sites excluding steroid dienone is 3. The van der Waals surface area contributed by atoms with Gasteiger partial charge >= 0.3 is 0 Å². The number of aryl methyl sites for hydroxylation is 1. The number of nitrogens with zero attached hydrogens (tertiary/aromatic N) is 6. The molecule has 7 nitrogen and oxygen atoms in total. The van der Waals surface area contributed by atoms with E-state index in [1.165, 1.54) is 11.1 Å². The molecule has 0 saturated heterocycles. The second-order valence-electron chi connectivity index (χ2n) is 6.55. The zero-order chi connectivity index (χ0) is 19.5. The predicted molar refractivity (Wildman–Crippen MR) is 111 cm³/mol. The minimum Gasteiger partial charge on any atom is -0.382 e. The molecule has 2 aromatic heterocycles. The van der Waals surface area contributed by atoms with Crippen molar-refractivity contribution in [2.24, 2.45) is 4.99 Å². The summed E-state index contributed by atoms with van der Waals surface area (Å²) in [5.74, 6) is 0.871. The van der Waals surface area contributed by atoms with Crippen LogP contribution in [-0.4, -0.2) is 31.4 Å². The monoisotopic (exact) mass is 371 g/mol. The maximum Gasteiger partial charge on any atom is 0.190 e. The molecule has 0 radical (unpaired) electrons. The molecule has 0 spiro atoms. The fourth-order valence-electron chi connectivity index (χ4n) is 3.57. The van der Waals surface area contributed by atoms with Gasteiger partial charge in [-0.05, 0) is 50.1 Å². The molecular weight excluding hydrogens is 350 g/mol. The lowest BCUT2D eigenvalue weighted by Crippen LogP contribution is -2.06. The normalized spacial score (nSPS) is 13.8. The van der Waals surface area contributed by atoms with E-state index in [0.717, 1.165) is 30.5 Å². The summed E-state index contributed by atoms with van der Waals surface area (Å²) in [5.41, 5.74) is 11.9. The number of rotatable bonds is 5. The molecule has 3 aromatic rings. The van der Waals surface area contributed by atoms with E-state index in [-0.39, 0.29) is 0 Å². The molecule has 2 N–H and O–H groups in total. The van der Waals surface area contributed by atoms with Crippen LogP contribution in [0, 0.1) is 0 Å². The average Bonchev–Trinajstić information content (AvgIpc) is 3.37. The minimum atomic E-state index is 0.303. The molecule has 0 bridgehead atoms. The van der Waals surface area contributed by atoms with E-state index in [1.54, 1.807) is 18.7 Å². The third-order valence-electron chi connectivity index (χ3n) is 4.81. The summed E-state index contributed by atoms with van der Waals surface area (Å²) in [6, 6.07) is 6.33. The van der Waals surface area contributed by atoms with Crippen LogP contribution >= 0.6 is 0 Å². The first-order valence-corrected chi connectivity index (χ1v) is 9.16. The Morgan fingerprint density at radius 3 is 3.04 bits per heavy atom. The van der Waals surface area contributed by atoms with E-state index in [1.807, 2.05) is 23.6 Å². The van der Waals surface area contributed by atoms with Crippen LogP contribution in [0.5, 0.6) is 0 Å². The van der Waals surface area contributed by atoms with Crippen LogP contribution in [0.15, 0.2) is 54.1 Å². The zero-order valence-corrected chi connectivity index (χ0v) is 15.7. The highest BCUT2D eigenvalue weighted by atomic mass is 15.3. The summed E-state index contributed by atoms with van der Waals surface area (Å²) in [4.78, 5) is 12.9. The van der Waals surface area contributed by atoms with Gasteiger partial charge in [0.15, 0.2) is 17.3 Å². The molecule has 0 amide bonds. The Labute approximate surface area is 163 Å². The lowest BCUT2D eigenvalue weighted by molar-refractivity contribution is 0.904. The van der Waals surface area contributed by atoms with Crippen molar-refractivity contribution in [3.8, 4) is 17.2 Å². The molecule has 1 aromatic carbocycles. The first-order valence-electron chi connectivity index (χ1n) is 9.16. The molecule has 0 fully saturated rings. The van der Waals surface area contributed by atoms with Gasteiger partial charge < -0.3 is 5.73 Å². The Kier molecular flexibility index (Phi) is 4.80. The first kappa shape index (κ1) is 17.8. The van der Waals surface area contributed by atoms with Crippen LogP contribution in [0.1, 0.15) is 30.2 Å². The molecule has 1 aliphatic carbocycles. The highest BCUT2D eigenvalue weighted by Gasteiger charge is 2.21. The number of hydrogen-bond acceptors (Lipinski definition) is 6. The number of aromatic nitrogens is 5. The third kappa shape index (κ3) is 3.11. The third-order valence-corrected chi connectivity index (χ3v) is 4.81. The summed E-state index contributed by atoms with van der Waals surface area (Å²) in [6.45, 7) is 5.45. The van der Waals surface area contributed by atoms with Gasteiger partial charge in [0.1, 0.15) is 6.33 Å². The summed E-state index contributed by atoms with van der Waals surface area (Å²) in [7, 11) is 0. The number of benzene rings is 1. The molecule has 2 heterocycles. The largest absolute Gasteiger partial charge is 0.382 e. The molecule has 1 aliphatic rings. The van der Waals surface area contributed by atoms with Crippen molar-refractivity contribution in [3.05, 3.63) is 65.9 Å². The number of nitrogens with two attached hydrogens (primary N) is 1. The fraction of sp³-hybridized carbons (Fsp3) is 0.190. The highest BCUT2D eigenvalue weighted by molar-refractivity contribution is 5.75. The summed E-state index contributed by atoms with van der Waals surface area (Å²) in [6.07, 6.45) is 12.1. The van der Waals surface area contributed by atoms with Gasteiger partial charge in [-0.2, -0.15) is 0 Å². The molecule has 0 saturated carbocycles. The van der Waals surface area contributed by atoms with E-state index in [9.17, 15) is 0 Å². The SMILES string of the molecule is C=N/C=C(\C=C/C)c1cnc(N)c(-c2nncn2-c2cccc3c2CCC3)n1. The van der Waals surface area contributed by atoms with Crippen molar-refractivity contribution in [1.82, 2.24) is 24.7 Å². The highest BCUT2D eigenvalue weighted by Crippen LogP contribution is 2.31. The van der Waals surface area contributed by atoms with Gasteiger partial charge in [-0.15, -0.1) is 10.2 Å². The van der Waals surface area contributed by atoms with E-state index in [2.05, 4.69) is 45.1 Å². The van der Waals surface area contributed by atoms with Crippen molar-refractivity contribution < 1.29 is 0 Å². The first-order chi connectivity index (χ1) is 13.7. The molecule has 0 unspecified atom stereocenters. The maximum atomic E-state index is 6.16. The van der Waals surface area contributed by atoms with Gasteiger partial charge in [0.2, 0.25) is 0 Å². The molecule has 0 atom stereocenters. The van der Waals surface area contributed by atoms with Gasteiger partial charge in [0, 0.05) is 11.8 Å². The van der Waals surface area contributed by atoms with E-state index in [0.29, 0.717) is 23.0 Å². The van der Waals surface area contributed by atoms with Crippen LogP contribution in [0.2, 0.25) is 0 Å². The van der Waals surface area contributed by atoms with Gasteiger partial charge in [-0.3, -0.25) is 9.56 Å². The lowest BCUT2D eigenvalue weighted by Gasteiger charge is -2.12. The van der Waals surface area contributed by atoms with Crippen LogP contribution in [-0.2, 0) is 12.8 Å². The summed E-state index contributed by atoms with van der Waals surface area (Å²) in [5, 5.41) is 8.42. The van der Waals surface area contributed by atoms with E-state index >= 15 is 0 Å². The van der Waals surface area contributed by atoms with Crippen molar-refractivity contribution in [2.45, 2.75) is 26.2 Å². The quantitative estimate of drug-likeness (QED) is 0.548. The number of fused-ring (bicyclic) bond motifs is 1. The van der Waals surface area contributed by atoms with Crippen LogP contribution in [0.3, 0.4) is 0 Å². The minimum absolute atomic E-state index is 0.303.